The Hall–Kier alpha value is -2.95. The summed E-state index contributed by atoms with van der Waals surface area (Å²) in [6.45, 7) is 0.372. The van der Waals surface area contributed by atoms with Gasteiger partial charge in [-0.05, 0) is 30.0 Å². The summed E-state index contributed by atoms with van der Waals surface area (Å²) in [5.41, 5.74) is 1.68. The summed E-state index contributed by atoms with van der Waals surface area (Å²) in [4.78, 5) is 14.1. The standard InChI is InChI=1S/C24H23NO3/c26-22-20-14-7-8-15-21(20)23(27)25(22)17-9-16-24(28,18-10-3-1-4-11-18)19-12-5-2-6-13-19/h1-8,10-15,22,26,28H,9,16-17H2/t22-/m1/s1. The molecule has 0 saturated carbocycles. The second kappa shape index (κ2) is 7.58. The van der Waals surface area contributed by atoms with E-state index < -0.39 is 11.8 Å². The molecule has 3 aromatic rings. The Bertz CT molecular complexity index is 916. The lowest BCUT2D eigenvalue weighted by molar-refractivity contribution is 0.0109. The van der Waals surface area contributed by atoms with Crippen LogP contribution in [0.1, 0.15) is 46.1 Å². The SMILES string of the molecule is O=C1c2ccccc2[C@@H](O)N1CCCC(O)(c1ccccc1)c1ccccc1. The first-order valence-electron chi connectivity index (χ1n) is 9.52. The molecule has 0 aromatic heterocycles. The van der Waals surface area contributed by atoms with E-state index in [4.69, 9.17) is 0 Å². The van der Waals surface area contributed by atoms with Gasteiger partial charge in [-0.2, -0.15) is 0 Å². The summed E-state index contributed by atoms with van der Waals surface area (Å²) in [5, 5.41) is 22.1. The number of aliphatic hydroxyl groups excluding tert-OH is 1. The first-order valence-corrected chi connectivity index (χ1v) is 9.52. The van der Waals surface area contributed by atoms with E-state index in [1.165, 1.54) is 4.90 Å². The van der Waals surface area contributed by atoms with E-state index in [1.807, 2.05) is 66.7 Å². The van der Waals surface area contributed by atoms with E-state index in [9.17, 15) is 15.0 Å². The molecule has 3 aromatic carbocycles. The molecule has 4 rings (SSSR count). The molecular formula is C24H23NO3. The molecule has 2 N–H and O–H groups in total. The third-order valence-corrected chi connectivity index (χ3v) is 5.47. The second-order valence-corrected chi connectivity index (χ2v) is 7.16. The van der Waals surface area contributed by atoms with Gasteiger partial charge in [-0.25, -0.2) is 0 Å². The fraction of sp³-hybridized carbons (Fsp3) is 0.208. The van der Waals surface area contributed by atoms with E-state index in [0.29, 0.717) is 30.5 Å². The lowest BCUT2D eigenvalue weighted by Gasteiger charge is -2.31. The van der Waals surface area contributed by atoms with Crippen molar-refractivity contribution in [1.82, 2.24) is 4.90 Å². The van der Waals surface area contributed by atoms with Gasteiger partial charge in [-0.3, -0.25) is 4.79 Å². The minimum absolute atomic E-state index is 0.161. The van der Waals surface area contributed by atoms with Gasteiger partial charge < -0.3 is 15.1 Å². The zero-order chi connectivity index (χ0) is 19.6. The van der Waals surface area contributed by atoms with E-state index in [2.05, 4.69) is 0 Å². The average molecular weight is 373 g/mol. The van der Waals surface area contributed by atoms with Crippen LogP contribution in [0.3, 0.4) is 0 Å². The molecule has 1 aliphatic rings. The molecule has 0 aliphatic carbocycles. The number of fused-ring (bicyclic) bond motifs is 1. The lowest BCUT2D eigenvalue weighted by atomic mass is 9.82. The number of benzene rings is 3. The van der Waals surface area contributed by atoms with Crippen molar-refractivity contribution in [3.05, 3.63) is 107 Å². The topological polar surface area (TPSA) is 60.8 Å². The summed E-state index contributed by atoms with van der Waals surface area (Å²) in [7, 11) is 0. The van der Waals surface area contributed by atoms with E-state index in [1.54, 1.807) is 18.2 Å². The van der Waals surface area contributed by atoms with Crippen LogP contribution in [0.4, 0.5) is 0 Å². The molecule has 1 amide bonds. The Kier molecular flexibility index (Phi) is 4.99. The highest BCUT2D eigenvalue weighted by molar-refractivity contribution is 5.98. The number of hydrogen-bond acceptors (Lipinski definition) is 3. The molecule has 28 heavy (non-hydrogen) atoms. The first-order chi connectivity index (χ1) is 13.6. The summed E-state index contributed by atoms with van der Waals surface area (Å²) >= 11 is 0. The number of hydrogen-bond donors (Lipinski definition) is 2. The average Bonchev–Trinajstić information content (AvgIpc) is 3.00. The summed E-state index contributed by atoms with van der Waals surface area (Å²) in [6.07, 6.45) is 0.0653. The van der Waals surface area contributed by atoms with Gasteiger partial charge in [0.2, 0.25) is 0 Å². The molecule has 0 fully saturated rings. The van der Waals surface area contributed by atoms with E-state index in [0.717, 1.165) is 11.1 Å². The van der Waals surface area contributed by atoms with Crippen molar-refractivity contribution in [1.29, 1.82) is 0 Å². The highest BCUT2D eigenvalue weighted by Crippen LogP contribution is 2.36. The van der Waals surface area contributed by atoms with Crippen LogP contribution >= 0.6 is 0 Å². The van der Waals surface area contributed by atoms with Gasteiger partial charge in [0.1, 0.15) is 5.60 Å². The van der Waals surface area contributed by atoms with Crippen molar-refractivity contribution in [2.24, 2.45) is 0 Å². The molecule has 1 aliphatic heterocycles. The predicted molar refractivity (Wildman–Crippen MR) is 108 cm³/mol. The van der Waals surface area contributed by atoms with Crippen LogP contribution in [-0.2, 0) is 5.60 Å². The second-order valence-electron chi connectivity index (χ2n) is 7.16. The highest BCUT2D eigenvalue weighted by Gasteiger charge is 2.36. The minimum Gasteiger partial charge on any atom is -0.380 e. The van der Waals surface area contributed by atoms with Crippen LogP contribution in [0.15, 0.2) is 84.9 Å². The first kappa shape index (κ1) is 18.4. The molecule has 1 atom stereocenters. The molecule has 1 heterocycles. The van der Waals surface area contributed by atoms with Gasteiger partial charge >= 0.3 is 0 Å². The fourth-order valence-corrected chi connectivity index (χ4v) is 3.96. The van der Waals surface area contributed by atoms with Crippen LogP contribution in [0.25, 0.3) is 0 Å². The number of aliphatic hydroxyl groups is 2. The fourth-order valence-electron chi connectivity index (χ4n) is 3.96. The number of carbonyl (C=O) groups excluding carboxylic acids is 1. The van der Waals surface area contributed by atoms with Crippen molar-refractivity contribution in [2.45, 2.75) is 24.7 Å². The molecule has 0 saturated heterocycles. The minimum atomic E-state index is -1.15. The number of carbonyl (C=O) groups is 1. The van der Waals surface area contributed by atoms with E-state index in [-0.39, 0.29) is 5.91 Å². The Morgan fingerprint density at radius 3 is 1.93 bits per heavy atom. The normalized spacial score (nSPS) is 16.3. The molecule has 0 bridgehead atoms. The van der Waals surface area contributed by atoms with Gasteiger partial charge in [0.15, 0.2) is 6.23 Å². The maximum Gasteiger partial charge on any atom is 0.256 e. The van der Waals surface area contributed by atoms with Crippen molar-refractivity contribution < 1.29 is 15.0 Å². The Labute approximate surface area is 164 Å². The van der Waals surface area contributed by atoms with Gasteiger partial charge in [0.05, 0.1) is 0 Å². The van der Waals surface area contributed by atoms with Gasteiger partial charge in [0.25, 0.3) is 5.91 Å². The Morgan fingerprint density at radius 1 is 0.821 bits per heavy atom. The maximum atomic E-state index is 12.6. The maximum absolute atomic E-state index is 12.6. The predicted octanol–water partition coefficient (Wildman–Crippen LogP) is 3.85. The Balaban J connectivity index is 1.53. The molecule has 4 heteroatoms. The third kappa shape index (κ3) is 3.21. The monoisotopic (exact) mass is 373 g/mol. The van der Waals surface area contributed by atoms with Gasteiger partial charge in [-0.15, -0.1) is 0 Å². The van der Waals surface area contributed by atoms with Crippen LogP contribution in [0.5, 0.6) is 0 Å². The van der Waals surface area contributed by atoms with Crippen LogP contribution in [0, 0.1) is 0 Å². The summed E-state index contributed by atoms with van der Waals surface area (Å²) in [5.74, 6) is -0.161. The van der Waals surface area contributed by atoms with Crippen LogP contribution in [0.2, 0.25) is 0 Å². The lowest BCUT2D eigenvalue weighted by Crippen LogP contribution is -2.32. The van der Waals surface area contributed by atoms with Crippen molar-refractivity contribution in [3.8, 4) is 0 Å². The molecule has 0 unspecified atom stereocenters. The number of rotatable bonds is 6. The molecule has 0 radical (unpaired) electrons. The third-order valence-electron chi connectivity index (χ3n) is 5.47. The quantitative estimate of drug-likeness (QED) is 0.690. The smallest absolute Gasteiger partial charge is 0.256 e. The zero-order valence-electron chi connectivity index (χ0n) is 15.5. The largest absolute Gasteiger partial charge is 0.380 e. The molecule has 0 spiro atoms. The highest BCUT2D eigenvalue weighted by atomic mass is 16.3. The van der Waals surface area contributed by atoms with Crippen LogP contribution < -0.4 is 0 Å². The van der Waals surface area contributed by atoms with Crippen molar-refractivity contribution in [2.75, 3.05) is 6.54 Å². The van der Waals surface area contributed by atoms with Crippen molar-refractivity contribution >= 4 is 5.91 Å². The zero-order valence-corrected chi connectivity index (χ0v) is 15.5. The summed E-state index contributed by atoms with van der Waals surface area (Å²) in [6, 6.07) is 26.3. The van der Waals surface area contributed by atoms with Gasteiger partial charge in [0, 0.05) is 17.7 Å². The molecule has 142 valence electrons. The molecular weight excluding hydrogens is 350 g/mol. The Morgan fingerprint density at radius 2 is 1.36 bits per heavy atom. The number of amides is 1. The van der Waals surface area contributed by atoms with E-state index >= 15 is 0 Å². The number of nitrogens with zero attached hydrogens (tertiary/aromatic N) is 1. The molecule has 4 nitrogen and oxygen atoms in total. The summed E-state index contributed by atoms with van der Waals surface area (Å²) < 4.78 is 0. The van der Waals surface area contributed by atoms with Crippen LogP contribution in [-0.4, -0.2) is 27.6 Å². The van der Waals surface area contributed by atoms with Crippen molar-refractivity contribution in [3.63, 3.8) is 0 Å². The van der Waals surface area contributed by atoms with Gasteiger partial charge in [-0.1, -0.05) is 78.9 Å².